The number of anilines is 2. The first-order valence-corrected chi connectivity index (χ1v) is 13.6. The summed E-state index contributed by atoms with van der Waals surface area (Å²) in [5.74, 6) is 0.253. The number of hydrogen-bond acceptors (Lipinski definition) is 5. The summed E-state index contributed by atoms with van der Waals surface area (Å²) in [7, 11) is 0. The van der Waals surface area contributed by atoms with Gasteiger partial charge in [-0.2, -0.15) is 0 Å². The molecular weight excluding hydrogens is 474 g/mol. The third-order valence-electron chi connectivity index (χ3n) is 5.73. The molecule has 7 heteroatoms. The van der Waals surface area contributed by atoms with Crippen molar-refractivity contribution in [3.8, 4) is 0 Å². The van der Waals surface area contributed by atoms with Gasteiger partial charge in [-0.3, -0.25) is 9.59 Å². The number of aryl methyl sites for hydroxylation is 3. The molecule has 0 saturated carbocycles. The van der Waals surface area contributed by atoms with Gasteiger partial charge in [-0.15, -0.1) is 11.3 Å². The van der Waals surface area contributed by atoms with Gasteiger partial charge in [0.1, 0.15) is 0 Å². The smallest absolute Gasteiger partial charge is 0.234 e. The average Bonchev–Trinajstić information content (AvgIpc) is 3.29. The standard InChI is InChI=1S/C28H29N3O2S2/c1-3-20-11-8-12-21(4-2)27(20)31-26(33)18-34-28-30-23-15-14-22(17-24(23)35-28)29-25(32)16-13-19-9-6-5-7-10-19/h5-12,14-15,17H,3-4,13,16,18H2,1-2H3,(H,29,32)(H,31,33). The lowest BCUT2D eigenvalue weighted by atomic mass is 10.0. The molecule has 35 heavy (non-hydrogen) atoms. The van der Waals surface area contributed by atoms with Crippen LogP contribution in [0.1, 0.15) is 37.0 Å². The van der Waals surface area contributed by atoms with E-state index < -0.39 is 0 Å². The van der Waals surface area contributed by atoms with Gasteiger partial charge in [0.2, 0.25) is 11.8 Å². The molecular formula is C28H29N3O2S2. The Morgan fingerprint density at radius 3 is 2.34 bits per heavy atom. The second kappa shape index (κ2) is 12.0. The van der Waals surface area contributed by atoms with Gasteiger partial charge in [0.15, 0.2) is 4.34 Å². The molecule has 180 valence electrons. The van der Waals surface area contributed by atoms with E-state index in [1.165, 1.54) is 23.1 Å². The zero-order valence-electron chi connectivity index (χ0n) is 20.0. The van der Waals surface area contributed by atoms with Crippen LogP contribution in [0.25, 0.3) is 10.2 Å². The second-order valence-corrected chi connectivity index (χ2v) is 10.4. The summed E-state index contributed by atoms with van der Waals surface area (Å²) < 4.78 is 1.82. The quantitative estimate of drug-likeness (QED) is 0.236. The maximum Gasteiger partial charge on any atom is 0.234 e. The summed E-state index contributed by atoms with van der Waals surface area (Å²) >= 11 is 2.97. The molecule has 0 spiro atoms. The molecule has 2 N–H and O–H groups in total. The van der Waals surface area contributed by atoms with Crippen LogP contribution >= 0.6 is 23.1 Å². The molecule has 2 amide bonds. The van der Waals surface area contributed by atoms with E-state index in [-0.39, 0.29) is 11.8 Å². The number of benzene rings is 3. The Bertz CT molecular complexity index is 1300. The van der Waals surface area contributed by atoms with E-state index in [0.717, 1.165) is 55.5 Å². The number of thiazole rings is 1. The summed E-state index contributed by atoms with van der Waals surface area (Å²) in [6, 6.07) is 21.9. The van der Waals surface area contributed by atoms with Crippen LogP contribution in [-0.2, 0) is 28.9 Å². The fourth-order valence-corrected chi connectivity index (χ4v) is 5.78. The minimum absolute atomic E-state index is 0.0113. The van der Waals surface area contributed by atoms with Crippen molar-refractivity contribution in [2.45, 2.75) is 43.9 Å². The summed E-state index contributed by atoms with van der Waals surface area (Å²) in [6.45, 7) is 4.19. The Kier molecular flexibility index (Phi) is 8.55. The molecule has 0 fully saturated rings. The molecule has 4 rings (SSSR count). The van der Waals surface area contributed by atoms with Crippen LogP contribution in [0.3, 0.4) is 0 Å². The maximum atomic E-state index is 12.7. The molecule has 0 bridgehead atoms. The van der Waals surface area contributed by atoms with Crippen LogP contribution in [0, 0.1) is 0 Å². The number of thioether (sulfide) groups is 1. The van der Waals surface area contributed by atoms with E-state index in [2.05, 4.69) is 41.6 Å². The van der Waals surface area contributed by atoms with Crippen LogP contribution < -0.4 is 10.6 Å². The number of rotatable bonds is 10. The molecule has 0 aliphatic rings. The van der Waals surface area contributed by atoms with Crippen LogP contribution in [0.5, 0.6) is 0 Å². The number of para-hydroxylation sites is 1. The Hall–Kier alpha value is -3.16. The zero-order chi connectivity index (χ0) is 24.6. The normalized spacial score (nSPS) is 10.9. The molecule has 4 aromatic rings. The fourth-order valence-electron chi connectivity index (χ4n) is 3.87. The van der Waals surface area contributed by atoms with E-state index in [1.54, 1.807) is 0 Å². The number of fused-ring (bicyclic) bond motifs is 1. The SMILES string of the molecule is CCc1cccc(CC)c1NC(=O)CSc1nc2ccc(NC(=O)CCc3ccccc3)cc2s1. The van der Waals surface area contributed by atoms with Crippen molar-refractivity contribution in [1.82, 2.24) is 4.98 Å². The minimum atomic E-state index is -0.0313. The molecule has 0 aliphatic carbocycles. The number of amides is 2. The molecule has 0 aliphatic heterocycles. The highest BCUT2D eigenvalue weighted by molar-refractivity contribution is 8.01. The number of nitrogens with one attached hydrogen (secondary N) is 2. The lowest BCUT2D eigenvalue weighted by molar-refractivity contribution is -0.116. The monoisotopic (exact) mass is 503 g/mol. The molecule has 3 aromatic carbocycles. The minimum Gasteiger partial charge on any atom is -0.326 e. The number of aromatic nitrogens is 1. The lowest BCUT2D eigenvalue weighted by Crippen LogP contribution is -2.16. The first kappa shape index (κ1) is 24.9. The molecule has 1 heterocycles. The Balaban J connectivity index is 1.34. The topological polar surface area (TPSA) is 71.1 Å². The molecule has 5 nitrogen and oxygen atoms in total. The summed E-state index contributed by atoms with van der Waals surface area (Å²) in [4.78, 5) is 29.7. The van der Waals surface area contributed by atoms with Crippen molar-refractivity contribution < 1.29 is 9.59 Å². The molecule has 0 radical (unpaired) electrons. The van der Waals surface area contributed by atoms with Gasteiger partial charge in [-0.05, 0) is 54.2 Å². The van der Waals surface area contributed by atoms with Gasteiger partial charge in [0, 0.05) is 17.8 Å². The highest BCUT2D eigenvalue weighted by atomic mass is 32.2. The van der Waals surface area contributed by atoms with Gasteiger partial charge in [0.05, 0.1) is 16.0 Å². The van der Waals surface area contributed by atoms with Gasteiger partial charge in [-0.1, -0.05) is 74.1 Å². The van der Waals surface area contributed by atoms with Crippen molar-refractivity contribution in [3.63, 3.8) is 0 Å². The average molecular weight is 504 g/mol. The van der Waals surface area contributed by atoms with Crippen LogP contribution in [0.2, 0.25) is 0 Å². The van der Waals surface area contributed by atoms with Crippen molar-refractivity contribution in [3.05, 3.63) is 83.4 Å². The third kappa shape index (κ3) is 6.71. The van der Waals surface area contributed by atoms with Crippen LogP contribution in [0.4, 0.5) is 11.4 Å². The Morgan fingerprint density at radius 2 is 1.63 bits per heavy atom. The summed E-state index contributed by atoms with van der Waals surface area (Å²) in [5.41, 5.74) is 6.03. The molecule has 0 saturated heterocycles. The summed E-state index contributed by atoms with van der Waals surface area (Å²) in [5, 5.41) is 6.09. The van der Waals surface area contributed by atoms with Gasteiger partial charge >= 0.3 is 0 Å². The fraction of sp³-hybridized carbons (Fsp3) is 0.250. The van der Waals surface area contributed by atoms with Crippen LogP contribution in [0.15, 0.2) is 71.1 Å². The predicted octanol–water partition coefficient (Wildman–Crippen LogP) is 6.72. The first-order valence-electron chi connectivity index (χ1n) is 11.8. The van der Waals surface area contributed by atoms with E-state index in [9.17, 15) is 9.59 Å². The number of carbonyl (C=O) groups is 2. The van der Waals surface area contributed by atoms with E-state index in [4.69, 9.17) is 0 Å². The zero-order valence-corrected chi connectivity index (χ0v) is 21.6. The van der Waals surface area contributed by atoms with E-state index in [0.29, 0.717) is 18.6 Å². The Morgan fingerprint density at radius 1 is 0.886 bits per heavy atom. The molecule has 0 unspecified atom stereocenters. The van der Waals surface area contributed by atoms with Crippen molar-refractivity contribution in [2.75, 3.05) is 16.4 Å². The van der Waals surface area contributed by atoms with E-state index in [1.807, 2.05) is 54.6 Å². The highest BCUT2D eigenvalue weighted by Crippen LogP contribution is 2.32. The maximum absolute atomic E-state index is 12.7. The van der Waals surface area contributed by atoms with E-state index >= 15 is 0 Å². The first-order chi connectivity index (χ1) is 17.1. The number of carbonyl (C=O) groups excluding carboxylic acids is 2. The van der Waals surface area contributed by atoms with Crippen LogP contribution in [-0.4, -0.2) is 22.6 Å². The van der Waals surface area contributed by atoms with Crippen molar-refractivity contribution in [1.29, 1.82) is 0 Å². The van der Waals surface area contributed by atoms with Gasteiger partial charge in [0.25, 0.3) is 0 Å². The van der Waals surface area contributed by atoms with Gasteiger partial charge in [-0.25, -0.2) is 4.98 Å². The largest absolute Gasteiger partial charge is 0.326 e. The number of nitrogens with zero attached hydrogens (tertiary/aromatic N) is 1. The number of hydrogen-bond donors (Lipinski definition) is 2. The third-order valence-corrected chi connectivity index (χ3v) is 7.89. The molecule has 1 aromatic heterocycles. The second-order valence-electron chi connectivity index (χ2n) is 8.19. The highest BCUT2D eigenvalue weighted by Gasteiger charge is 2.13. The summed E-state index contributed by atoms with van der Waals surface area (Å²) in [6.07, 6.45) is 2.89. The Labute approximate surface area is 214 Å². The van der Waals surface area contributed by atoms with Crippen molar-refractivity contribution in [2.24, 2.45) is 0 Å². The molecule has 0 atom stereocenters. The van der Waals surface area contributed by atoms with Crippen molar-refractivity contribution >= 4 is 56.5 Å². The van der Waals surface area contributed by atoms with Gasteiger partial charge < -0.3 is 10.6 Å². The predicted molar refractivity (Wildman–Crippen MR) is 148 cm³/mol. The lowest BCUT2D eigenvalue weighted by Gasteiger charge is -2.14.